The van der Waals surface area contributed by atoms with Crippen molar-refractivity contribution >= 4 is 0 Å². The van der Waals surface area contributed by atoms with Crippen LogP contribution in [0.3, 0.4) is 0 Å². The molecule has 1 heterocycles. The maximum absolute atomic E-state index is 12.0. The monoisotopic (exact) mass is 220 g/mol. The molecule has 4 heteroatoms. The zero-order valence-electron chi connectivity index (χ0n) is 9.68. The molecular formula is C11H22F2N2. The first-order valence-electron chi connectivity index (χ1n) is 5.87. The molecule has 1 saturated heterocycles. The fourth-order valence-corrected chi connectivity index (χ4v) is 2.21. The van der Waals surface area contributed by atoms with E-state index < -0.39 is 6.43 Å². The van der Waals surface area contributed by atoms with Crippen LogP contribution in [0.15, 0.2) is 0 Å². The molecule has 15 heavy (non-hydrogen) atoms. The van der Waals surface area contributed by atoms with E-state index in [0.717, 1.165) is 32.5 Å². The maximum atomic E-state index is 12.0. The molecule has 0 bridgehead atoms. The van der Waals surface area contributed by atoms with Crippen LogP contribution in [0.25, 0.3) is 0 Å². The predicted molar refractivity (Wildman–Crippen MR) is 58.3 cm³/mol. The molecule has 0 aromatic heterocycles. The molecule has 1 aliphatic heterocycles. The Morgan fingerprint density at radius 1 is 1.33 bits per heavy atom. The standard InChI is InChI=1S/C11H22F2N2/c1-3-15-6-4-10(5-7-15)9(2)14-8-11(12)13/h9-11,14H,3-8H2,1-2H3. The summed E-state index contributed by atoms with van der Waals surface area (Å²) in [4.78, 5) is 2.41. The number of nitrogens with zero attached hydrogens (tertiary/aromatic N) is 1. The highest BCUT2D eigenvalue weighted by atomic mass is 19.3. The lowest BCUT2D eigenvalue weighted by Crippen LogP contribution is -2.43. The van der Waals surface area contributed by atoms with E-state index in [1.165, 1.54) is 0 Å². The summed E-state index contributed by atoms with van der Waals surface area (Å²) in [5, 5.41) is 2.92. The fraction of sp³-hybridized carbons (Fsp3) is 1.00. The summed E-state index contributed by atoms with van der Waals surface area (Å²) >= 11 is 0. The minimum absolute atomic E-state index is 0.171. The molecule has 0 radical (unpaired) electrons. The van der Waals surface area contributed by atoms with E-state index in [9.17, 15) is 8.78 Å². The molecule has 1 aliphatic rings. The second-order valence-electron chi connectivity index (χ2n) is 4.36. The molecule has 1 fully saturated rings. The van der Waals surface area contributed by atoms with Gasteiger partial charge in [-0.1, -0.05) is 6.92 Å². The molecule has 0 saturated carbocycles. The molecule has 0 aliphatic carbocycles. The van der Waals surface area contributed by atoms with Gasteiger partial charge in [0.05, 0.1) is 6.54 Å². The Bertz CT molecular complexity index is 168. The van der Waals surface area contributed by atoms with Crippen molar-refractivity contribution in [2.45, 2.75) is 39.2 Å². The molecule has 1 N–H and O–H groups in total. The van der Waals surface area contributed by atoms with Gasteiger partial charge < -0.3 is 10.2 Å². The van der Waals surface area contributed by atoms with Crippen molar-refractivity contribution < 1.29 is 8.78 Å². The van der Waals surface area contributed by atoms with Gasteiger partial charge in [-0.05, 0) is 45.3 Å². The first-order chi connectivity index (χ1) is 7.13. The lowest BCUT2D eigenvalue weighted by molar-refractivity contribution is 0.125. The average Bonchev–Trinajstić information content (AvgIpc) is 2.26. The zero-order valence-corrected chi connectivity index (χ0v) is 9.68. The topological polar surface area (TPSA) is 15.3 Å². The van der Waals surface area contributed by atoms with E-state index in [4.69, 9.17) is 0 Å². The Balaban J connectivity index is 2.20. The van der Waals surface area contributed by atoms with Gasteiger partial charge in [0, 0.05) is 6.04 Å². The summed E-state index contributed by atoms with van der Waals surface area (Å²) in [6.07, 6.45) is 0.0272. The van der Waals surface area contributed by atoms with Gasteiger partial charge in [0.2, 0.25) is 0 Å². The van der Waals surface area contributed by atoms with Gasteiger partial charge in [-0.25, -0.2) is 8.78 Å². The van der Waals surface area contributed by atoms with Crippen LogP contribution in [0.4, 0.5) is 8.78 Å². The van der Waals surface area contributed by atoms with E-state index in [1.54, 1.807) is 0 Å². The third-order valence-corrected chi connectivity index (χ3v) is 3.38. The predicted octanol–water partition coefficient (Wildman–Crippen LogP) is 1.96. The Kier molecular flexibility index (Phi) is 5.47. The third kappa shape index (κ3) is 4.43. The van der Waals surface area contributed by atoms with Crippen LogP contribution in [0.1, 0.15) is 26.7 Å². The van der Waals surface area contributed by atoms with Crippen molar-refractivity contribution in [3.05, 3.63) is 0 Å². The minimum atomic E-state index is -2.23. The van der Waals surface area contributed by atoms with Crippen LogP contribution in [0.2, 0.25) is 0 Å². The second-order valence-corrected chi connectivity index (χ2v) is 4.36. The molecule has 0 aromatic carbocycles. The minimum Gasteiger partial charge on any atom is -0.309 e. The first kappa shape index (κ1) is 12.8. The van der Waals surface area contributed by atoms with Crippen molar-refractivity contribution in [3.8, 4) is 0 Å². The summed E-state index contributed by atoms with van der Waals surface area (Å²) in [5.74, 6) is 0.562. The van der Waals surface area contributed by atoms with Gasteiger partial charge in [-0.2, -0.15) is 0 Å². The van der Waals surface area contributed by atoms with Gasteiger partial charge >= 0.3 is 0 Å². The van der Waals surface area contributed by atoms with E-state index in [0.29, 0.717) is 5.92 Å². The van der Waals surface area contributed by atoms with Crippen molar-refractivity contribution in [3.63, 3.8) is 0 Å². The number of likely N-dealkylation sites (tertiary alicyclic amines) is 1. The van der Waals surface area contributed by atoms with Gasteiger partial charge in [0.15, 0.2) is 0 Å². The summed E-state index contributed by atoms with van der Waals surface area (Å²) in [7, 11) is 0. The summed E-state index contributed by atoms with van der Waals surface area (Å²) in [6.45, 7) is 7.35. The van der Waals surface area contributed by atoms with Crippen molar-refractivity contribution in [1.82, 2.24) is 10.2 Å². The first-order valence-corrected chi connectivity index (χ1v) is 5.87. The molecule has 0 aromatic rings. The van der Waals surface area contributed by atoms with Gasteiger partial charge in [0.25, 0.3) is 6.43 Å². The quantitative estimate of drug-likeness (QED) is 0.762. The number of halogens is 2. The highest BCUT2D eigenvalue weighted by molar-refractivity contribution is 4.79. The van der Waals surface area contributed by atoms with E-state index in [2.05, 4.69) is 17.1 Å². The van der Waals surface area contributed by atoms with Crippen LogP contribution in [0, 0.1) is 5.92 Å². The number of piperidine rings is 1. The summed E-state index contributed by atoms with van der Waals surface area (Å²) < 4.78 is 24.0. The smallest absolute Gasteiger partial charge is 0.250 e. The maximum Gasteiger partial charge on any atom is 0.250 e. The number of rotatable bonds is 5. The molecule has 90 valence electrons. The Morgan fingerprint density at radius 2 is 1.93 bits per heavy atom. The van der Waals surface area contributed by atoms with Crippen LogP contribution >= 0.6 is 0 Å². The highest BCUT2D eigenvalue weighted by Crippen LogP contribution is 2.20. The highest BCUT2D eigenvalue weighted by Gasteiger charge is 2.23. The van der Waals surface area contributed by atoms with Gasteiger partial charge in [-0.3, -0.25) is 0 Å². The van der Waals surface area contributed by atoms with Crippen LogP contribution < -0.4 is 5.32 Å². The second kappa shape index (κ2) is 6.38. The Hall–Kier alpha value is -0.220. The lowest BCUT2D eigenvalue weighted by Gasteiger charge is -2.34. The van der Waals surface area contributed by atoms with Gasteiger partial charge in [0.1, 0.15) is 0 Å². The Labute approximate surface area is 91.0 Å². The van der Waals surface area contributed by atoms with E-state index in [-0.39, 0.29) is 12.6 Å². The van der Waals surface area contributed by atoms with Crippen LogP contribution in [0.5, 0.6) is 0 Å². The van der Waals surface area contributed by atoms with Crippen molar-refractivity contribution in [1.29, 1.82) is 0 Å². The lowest BCUT2D eigenvalue weighted by atomic mass is 9.90. The molecule has 2 nitrogen and oxygen atoms in total. The van der Waals surface area contributed by atoms with E-state index >= 15 is 0 Å². The molecule has 1 rings (SSSR count). The van der Waals surface area contributed by atoms with E-state index in [1.807, 2.05) is 6.92 Å². The molecular weight excluding hydrogens is 198 g/mol. The third-order valence-electron chi connectivity index (χ3n) is 3.38. The molecule has 1 unspecified atom stereocenters. The number of nitrogens with one attached hydrogen (secondary N) is 1. The number of hydrogen-bond donors (Lipinski definition) is 1. The van der Waals surface area contributed by atoms with Crippen LogP contribution in [-0.2, 0) is 0 Å². The fourth-order valence-electron chi connectivity index (χ4n) is 2.21. The molecule has 0 spiro atoms. The largest absolute Gasteiger partial charge is 0.309 e. The average molecular weight is 220 g/mol. The summed E-state index contributed by atoms with van der Waals surface area (Å²) in [5.41, 5.74) is 0. The zero-order chi connectivity index (χ0) is 11.3. The molecule has 1 atom stereocenters. The van der Waals surface area contributed by atoms with Gasteiger partial charge in [-0.15, -0.1) is 0 Å². The molecule has 0 amide bonds. The SMILES string of the molecule is CCN1CCC(C(C)NCC(F)F)CC1. The Morgan fingerprint density at radius 3 is 2.40 bits per heavy atom. The normalized spacial score (nSPS) is 22.2. The number of hydrogen-bond acceptors (Lipinski definition) is 2. The number of alkyl halides is 2. The van der Waals surface area contributed by atoms with Crippen LogP contribution in [-0.4, -0.2) is 43.5 Å². The van der Waals surface area contributed by atoms with Crippen molar-refractivity contribution in [2.24, 2.45) is 5.92 Å². The summed E-state index contributed by atoms with van der Waals surface area (Å²) in [6, 6.07) is 0.220. The van der Waals surface area contributed by atoms with Crippen molar-refractivity contribution in [2.75, 3.05) is 26.2 Å².